The van der Waals surface area contributed by atoms with E-state index in [9.17, 15) is 0 Å². The van der Waals surface area contributed by atoms with E-state index in [0.29, 0.717) is 12.5 Å². The molecule has 1 heterocycles. The van der Waals surface area contributed by atoms with Crippen LogP contribution >= 0.6 is 0 Å². The van der Waals surface area contributed by atoms with E-state index in [2.05, 4.69) is 101 Å². The SMILES string of the molecule is C=C\C(=C/C(=C/C(=C)C/C(C=C)=C/c1cc(O/C(C)=C/c2cc(CCC3CO3)ccc2C=C)ccc1C=C)C(/C)=C\C)CCC1CC1. The van der Waals surface area contributed by atoms with Gasteiger partial charge in [-0.2, -0.15) is 0 Å². The van der Waals surface area contributed by atoms with Crippen LogP contribution in [0, 0.1) is 5.92 Å². The zero-order valence-corrected chi connectivity index (χ0v) is 28.8. The first-order chi connectivity index (χ1) is 22.7. The molecule has 1 aliphatic carbocycles. The highest BCUT2D eigenvalue weighted by atomic mass is 16.6. The van der Waals surface area contributed by atoms with Crippen molar-refractivity contribution < 1.29 is 9.47 Å². The Balaban J connectivity index is 1.52. The zero-order chi connectivity index (χ0) is 33.8. The molecular formula is C45H52O2. The molecule has 0 N–H and O–H groups in total. The molecule has 244 valence electrons. The molecule has 0 bridgehead atoms. The summed E-state index contributed by atoms with van der Waals surface area (Å²) >= 11 is 0. The summed E-state index contributed by atoms with van der Waals surface area (Å²) in [6.45, 7) is 27.8. The van der Waals surface area contributed by atoms with Crippen LogP contribution in [-0.4, -0.2) is 12.7 Å². The number of hydrogen-bond acceptors (Lipinski definition) is 2. The molecule has 1 atom stereocenters. The summed E-state index contributed by atoms with van der Waals surface area (Å²) < 4.78 is 11.7. The molecule has 2 aromatic carbocycles. The number of allylic oxidation sites excluding steroid dienone is 11. The zero-order valence-electron chi connectivity index (χ0n) is 28.8. The second kappa shape index (κ2) is 17.5. The lowest BCUT2D eigenvalue weighted by molar-refractivity contribution is 0.397. The Labute approximate surface area is 284 Å². The number of epoxide rings is 1. The van der Waals surface area contributed by atoms with Crippen molar-refractivity contribution in [3.63, 3.8) is 0 Å². The fraction of sp³-hybridized carbons (Fsp3) is 0.289. The maximum atomic E-state index is 6.35. The summed E-state index contributed by atoms with van der Waals surface area (Å²) in [5.74, 6) is 2.46. The highest BCUT2D eigenvalue weighted by Crippen LogP contribution is 2.35. The predicted octanol–water partition coefficient (Wildman–Crippen LogP) is 12.5. The highest BCUT2D eigenvalue weighted by molar-refractivity contribution is 5.70. The average Bonchev–Trinajstić information content (AvgIpc) is 4.01. The maximum Gasteiger partial charge on any atom is 0.127 e. The fourth-order valence-corrected chi connectivity index (χ4v) is 5.58. The van der Waals surface area contributed by atoms with Gasteiger partial charge in [0, 0.05) is 0 Å². The van der Waals surface area contributed by atoms with Gasteiger partial charge in [0.05, 0.1) is 12.7 Å². The van der Waals surface area contributed by atoms with E-state index >= 15 is 0 Å². The first-order valence-corrected chi connectivity index (χ1v) is 16.9. The number of rotatable bonds is 19. The van der Waals surface area contributed by atoms with Crippen molar-refractivity contribution in [3.8, 4) is 5.75 Å². The van der Waals surface area contributed by atoms with Crippen molar-refractivity contribution in [2.75, 3.05) is 6.61 Å². The molecule has 47 heavy (non-hydrogen) atoms. The van der Waals surface area contributed by atoms with Gasteiger partial charge < -0.3 is 9.47 Å². The quantitative estimate of drug-likeness (QED) is 0.0881. The first-order valence-electron chi connectivity index (χ1n) is 16.9. The van der Waals surface area contributed by atoms with Gasteiger partial charge in [-0.25, -0.2) is 0 Å². The fourth-order valence-electron chi connectivity index (χ4n) is 5.58. The van der Waals surface area contributed by atoms with Crippen LogP contribution in [0.15, 0.2) is 133 Å². The monoisotopic (exact) mass is 624 g/mol. The normalized spacial score (nSPS) is 17.3. The van der Waals surface area contributed by atoms with Crippen LogP contribution < -0.4 is 4.74 Å². The molecular weight excluding hydrogens is 572 g/mol. The number of aryl methyl sites for hydroxylation is 1. The summed E-state index contributed by atoms with van der Waals surface area (Å²) in [7, 11) is 0. The average molecular weight is 625 g/mol. The van der Waals surface area contributed by atoms with E-state index in [1.807, 2.05) is 43.4 Å². The van der Waals surface area contributed by atoms with E-state index in [0.717, 1.165) is 76.7 Å². The Morgan fingerprint density at radius 3 is 2.15 bits per heavy atom. The van der Waals surface area contributed by atoms with Crippen molar-refractivity contribution in [3.05, 3.63) is 161 Å². The molecule has 2 aliphatic rings. The van der Waals surface area contributed by atoms with Crippen molar-refractivity contribution >= 4 is 24.3 Å². The van der Waals surface area contributed by atoms with Crippen LogP contribution in [0.2, 0.25) is 0 Å². The lowest BCUT2D eigenvalue weighted by Gasteiger charge is -2.12. The molecule has 1 saturated carbocycles. The van der Waals surface area contributed by atoms with Crippen LogP contribution in [-0.2, 0) is 11.2 Å². The third-order valence-corrected chi connectivity index (χ3v) is 8.87. The number of hydrogen-bond donors (Lipinski definition) is 0. The minimum absolute atomic E-state index is 0.421. The standard InChI is InChI=1S/C45H52O2/c1-9-33(7)41(27-35(10-2)14-15-37-16-17-37)25-32(6)24-36(11-3)28-43-30-44(23-21-40(43)13-5)47-34(8)26-42-29-38(18-20-39(42)12-4)19-22-45-31-46-45/h9-13,18,20-21,23,25-30,37,45H,2-6,14-17,19,22,24,31H2,1,7-8H3/b33-9-,34-26+,35-27+,36-28+,41-25-. The van der Waals surface area contributed by atoms with E-state index in [1.54, 1.807) is 0 Å². The molecule has 0 radical (unpaired) electrons. The van der Waals surface area contributed by atoms with Gasteiger partial charge in [-0.1, -0.05) is 124 Å². The van der Waals surface area contributed by atoms with E-state index < -0.39 is 0 Å². The summed E-state index contributed by atoms with van der Waals surface area (Å²) in [5, 5.41) is 0. The maximum absolute atomic E-state index is 6.35. The lowest BCUT2D eigenvalue weighted by atomic mass is 9.95. The Morgan fingerprint density at radius 2 is 1.53 bits per heavy atom. The topological polar surface area (TPSA) is 21.8 Å². The van der Waals surface area contributed by atoms with Crippen LogP contribution in [0.1, 0.15) is 87.1 Å². The summed E-state index contributed by atoms with van der Waals surface area (Å²) in [4.78, 5) is 0. The van der Waals surface area contributed by atoms with Gasteiger partial charge >= 0.3 is 0 Å². The molecule has 0 aromatic heterocycles. The van der Waals surface area contributed by atoms with Gasteiger partial charge in [0.25, 0.3) is 0 Å². The largest absolute Gasteiger partial charge is 0.462 e. The van der Waals surface area contributed by atoms with Gasteiger partial charge in [-0.05, 0) is 127 Å². The van der Waals surface area contributed by atoms with Crippen molar-refractivity contribution in [1.82, 2.24) is 0 Å². The van der Waals surface area contributed by atoms with Crippen molar-refractivity contribution in [2.24, 2.45) is 5.92 Å². The summed E-state index contributed by atoms with van der Waals surface area (Å²) in [6, 6.07) is 12.6. The van der Waals surface area contributed by atoms with Gasteiger partial charge in [-0.15, -0.1) is 0 Å². The van der Waals surface area contributed by atoms with Crippen molar-refractivity contribution in [1.29, 1.82) is 0 Å². The Kier molecular flexibility index (Phi) is 13.2. The van der Waals surface area contributed by atoms with E-state index in [1.165, 1.54) is 41.5 Å². The van der Waals surface area contributed by atoms with E-state index in [4.69, 9.17) is 9.47 Å². The molecule has 0 spiro atoms. The third-order valence-electron chi connectivity index (χ3n) is 8.87. The summed E-state index contributed by atoms with van der Waals surface area (Å²) in [6.07, 6.45) is 26.7. The number of benzene rings is 2. The van der Waals surface area contributed by atoms with Crippen LogP contribution in [0.3, 0.4) is 0 Å². The molecule has 2 aromatic rings. The van der Waals surface area contributed by atoms with Crippen molar-refractivity contribution in [2.45, 2.75) is 71.8 Å². The second-order valence-corrected chi connectivity index (χ2v) is 12.7. The Bertz CT molecular complexity index is 1640. The first kappa shape index (κ1) is 35.5. The second-order valence-electron chi connectivity index (χ2n) is 12.7. The van der Waals surface area contributed by atoms with Gasteiger partial charge in [0.2, 0.25) is 0 Å². The van der Waals surface area contributed by atoms with Crippen LogP contribution in [0.4, 0.5) is 0 Å². The summed E-state index contributed by atoms with van der Waals surface area (Å²) in [5.41, 5.74) is 11.3. The predicted molar refractivity (Wildman–Crippen MR) is 205 cm³/mol. The third kappa shape index (κ3) is 11.4. The molecule has 2 nitrogen and oxygen atoms in total. The molecule has 2 heteroatoms. The van der Waals surface area contributed by atoms with Gasteiger partial charge in [0.1, 0.15) is 11.5 Å². The van der Waals surface area contributed by atoms with Crippen LogP contribution in [0.5, 0.6) is 5.75 Å². The Morgan fingerprint density at radius 1 is 0.851 bits per heavy atom. The smallest absolute Gasteiger partial charge is 0.127 e. The molecule has 2 fully saturated rings. The van der Waals surface area contributed by atoms with E-state index in [-0.39, 0.29) is 0 Å². The molecule has 1 aliphatic heterocycles. The molecule has 4 rings (SSSR count). The lowest BCUT2D eigenvalue weighted by Crippen LogP contribution is -1.96. The van der Waals surface area contributed by atoms with Gasteiger partial charge in [-0.3, -0.25) is 0 Å². The highest BCUT2D eigenvalue weighted by Gasteiger charge is 2.22. The molecule has 0 amide bonds. The van der Waals surface area contributed by atoms with Crippen LogP contribution in [0.25, 0.3) is 24.3 Å². The molecule has 1 unspecified atom stereocenters. The minimum Gasteiger partial charge on any atom is -0.462 e. The Hall–Kier alpha value is -4.40. The number of ether oxygens (including phenoxy) is 2. The minimum atomic E-state index is 0.421. The molecule has 1 saturated heterocycles. The van der Waals surface area contributed by atoms with Gasteiger partial charge in [0.15, 0.2) is 0 Å².